The number of methoxy groups -OCH3 is 1. The van der Waals surface area contributed by atoms with Crippen LogP contribution < -0.4 is 15.4 Å². The summed E-state index contributed by atoms with van der Waals surface area (Å²) in [7, 11) is 1.28. The van der Waals surface area contributed by atoms with E-state index in [0.717, 1.165) is 10.7 Å². The lowest BCUT2D eigenvalue weighted by atomic mass is 9.83. The van der Waals surface area contributed by atoms with Crippen LogP contribution >= 0.6 is 0 Å². The van der Waals surface area contributed by atoms with Crippen molar-refractivity contribution < 1.29 is 55.0 Å². The molecule has 1 aromatic heterocycles. The average Bonchev–Trinajstić information content (AvgIpc) is 3.65. The highest BCUT2D eigenvalue weighted by molar-refractivity contribution is 6.00. The van der Waals surface area contributed by atoms with E-state index in [1.807, 2.05) is 0 Å². The molecule has 3 N–H and O–H groups in total. The van der Waals surface area contributed by atoms with Crippen LogP contribution in [0.4, 0.5) is 36.4 Å². The van der Waals surface area contributed by atoms with Gasteiger partial charge in [-0.25, -0.2) is 4.39 Å². The molecule has 4 atom stereocenters. The second-order valence-corrected chi connectivity index (χ2v) is 10.9. The number of benzene rings is 2. The Labute approximate surface area is 256 Å². The van der Waals surface area contributed by atoms with E-state index in [-0.39, 0.29) is 35.8 Å². The quantitative estimate of drug-likeness (QED) is 0.212. The number of rotatable bonds is 8. The van der Waals surface area contributed by atoms with Crippen molar-refractivity contribution in [2.75, 3.05) is 12.4 Å². The Balaban J connectivity index is 1.46. The number of halogens is 7. The number of alkyl halides is 6. The zero-order valence-electron chi connectivity index (χ0n) is 23.7. The molecule has 2 saturated carbocycles. The van der Waals surface area contributed by atoms with E-state index < -0.39 is 77.5 Å². The lowest BCUT2D eigenvalue weighted by Gasteiger charge is -2.30. The van der Waals surface area contributed by atoms with E-state index in [4.69, 9.17) is 9.84 Å². The Bertz CT molecular complexity index is 1720. The molecule has 2 fully saturated rings. The predicted octanol–water partition coefficient (Wildman–Crippen LogP) is 5.68. The molecule has 2 bridgehead atoms. The van der Waals surface area contributed by atoms with Gasteiger partial charge < -0.3 is 20.5 Å². The summed E-state index contributed by atoms with van der Waals surface area (Å²) in [4.78, 5) is 38.2. The first kappa shape index (κ1) is 32.5. The Morgan fingerprint density at radius 2 is 1.76 bits per heavy atom. The second-order valence-electron chi connectivity index (χ2n) is 10.9. The Hall–Kier alpha value is -4.89. The van der Waals surface area contributed by atoms with E-state index in [1.165, 1.54) is 31.5 Å². The molecule has 0 radical (unpaired) electrons. The number of carbonyl (C=O) groups excluding carboxylic acids is 2. The van der Waals surface area contributed by atoms with Gasteiger partial charge in [0.05, 0.1) is 29.8 Å². The van der Waals surface area contributed by atoms with Crippen molar-refractivity contribution in [3.05, 3.63) is 77.3 Å². The molecular weight excluding hydrogens is 629 g/mol. The number of hydrogen-bond donors (Lipinski definition) is 3. The van der Waals surface area contributed by atoms with Gasteiger partial charge in [0, 0.05) is 35.5 Å². The Morgan fingerprint density at radius 3 is 2.41 bits per heavy atom. The Morgan fingerprint density at radius 1 is 1.04 bits per heavy atom. The zero-order chi connectivity index (χ0) is 33.6. The van der Waals surface area contributed by atoms with Crippen molar-refractivity contribution in [3.8, 4) is 17.0 Å². The third kappa shape index (κ3) is 6.70. The first-order valence-electron chi connectivity index (χ1n) is 13.8. The lowest BCUT2D eigenvalue weighted by Crippen LogP contribution is -2.48. The largest absolute Gasteiger partial charge is 0.496 e. The van der Waals surface area contributed by atoms with Crippen LogP contribution in [0.2, 0.25) is 0 Å². The van der Waals surface area contributed by atoms with Crippen LogP contribution in [0.5, 0.6) is 5.75 Å². The minimum absolute atomic E-state index is 0.0654. The van der Waals surface area contributed by atoms with Crippen molar-refractivity contribution in [1.82, 2.24) is 15.1 Å². The van der Waals surface area contributed by atoms with Gasteiger partial charge in [0.15, 0.2) is 0 Å². The molecular formula is C30H25F7N4O5. The molecule has 2 amide bonds. The summed E-state index contributed by atoms with van der Waals surface area (Å²) in [6.45, 7) is -0.416. The fraction of sp³-hybridized carbons (Fsp3) is 0.333. The third-order valence-corrected chi connectivity index (χ3v) is 8.05. The number of carboxylic acid groups (broad SMARTS) is 1. The van der Waals surface area contributed by atoms with Crippen molar-refractivity contribution >= 4 is 23.5 Å². The molecule has 2 unspecified atom stereocenters. The summed E-state index contributed by atoms with van der Waals surface area (Å²) in [6.07, 6.45) is -7.94. The van der Waals surface area contributed by atoms with Crippen LogP contribution in [0, 0.1) is 23.6 Å². The molecule has 46 heavy (non-hydrogen) atoms. The lowest BCUT2D eigenvalue weighted by molar-refractivity contribution is -0.140. The van der Waals surface area contributed by atoms with E-state index in [0.29, 0.717) is 23.4 Å². The maximum atomic E-state index is 13.8. The van der Waals surface area contributed by atoms with Crippen molar-refractivity contribution in [2.24, 2.45) is 17.8 Å². The van der Waals surface area contributed by atoms with Gasteiger partial charge in [-0.3, -0.25) is 19.1 Å². The maximum absolute atomic E-state index is 13.8. The Kier molecular flexibility index (Phi) is 8.57. The van der Waals surface area contributed by atoms with Crippen LogP contribution in [0.3, 0.4) is 0 Å². The molecule has 2 aliphatic carbocycles. The van der Waals surface area contributed by atoms with Gasteiger partial charge in [0.25, 0.3) is 5.91 Å². The predicted molar refractivity (Wildman–Crippen MR) is 147 cm³/mol. The molecule has 3 aromatic rings. The number of amides is 2. The number of carbonyl (C=O) groups is 3. The van der Waals surface area contributed by atoms with Gasteiger partial charge in [0.2, 0.25) is 5.91 Å². The fourth-order valence-electron chi connectivity index (χ4n) is 6.24. The summed E-state index contributed by atoms with van der Waals surface area (Å²) >= 11 is 0. The number of anilines is 1. The number of hydrogen-bond acceptors (Lipinski definition) is 5. The summed E-state index contributed by atoms with van der Waals surface area (Å²) in [5.74, 6) is -7.59. The first-order valence-corrected chi connectivity index (χ1v) is 13.8. The minimum atomic E-state index is -5.07. The number of fused-ring (bicyclic) bond motifs is 2. The van der Waals surface area contributed by atoms with Gasteiger partial charge in [0.1, 0.15) is 18.1 Å². The van der Waals surface area contributed by atoms with Crippen molar-refractivity contribution in [3.63, 3.8) is 0 Å². The number of nitrogens with zero attached hydrogens (tertiary/aromatic N) is 2. The molecule has 0 spiro atoms. The third-order valence-electron chi connectivity index (χ3n) is 8.05. The number of ether oxygens (including phenoxy) is 1. The van der Waals surface area contributed by atoms with E-state index in [2.05, 4.69) is 15.7 Å². The van der Waals surface area contributed by atoms with Crippen LogP contribution in [0.15, 0.2) is 60.3 Å². The van der Waals surface area contributed by atoms with Crippen molar-refractivity contribution in [2.45, 2.75) is 37.8 Å². The van der Waals surface area contributed by atoms with Gasteiger partial charge in [-0.2, -0.15) is 31.4 Å². The summed E-state index contributed by atoms with van der Waals surface area (Å²) in [5.41, 5.74) is -1.55. The standard InChI is InChI=1S/C30H25F7N4O5/c1-46-23-7-2-14(22-8-9-41(40-22)13-24(42)43)10-18(23)27(44)39-26-17-5-4-16(19(17)12-29(32,33)34)25(26)28(45)38-15-3-6-21(31)20(11-15)30(35,36)37/h2-3,6-12,16-17,25-26H,4-5,13H2,1H3,(H,38,45)(H,39,44)(H,42,43)/b19-12-/t16?,17?,25-,26+/m0/s1. The van der Waals surface area contributed by atoms with Crippen LogP contribution in [-0.4, -0.2) is 52.0 Å². The molecule has 244 valence electrons. The summed E-state index contributed by atoms with van der Waals surface area (Å²) in [6, 6.07) is 6.48. The van der Waals surface area contributed by atoms with Gasteiger partial charge in [-0.1, -0.05) is 5.57 Å². The minimum Gasteiger partial charge on any atom is -0.496 e. The van der Waals surface area contributed by atoms with E-state index in [1.54, 1.807) is 6.07 Å². The normalized spacial score (nSPS) is 21.8. The summed E-state index contributed by atoms with van der Waals surface area (Å²) < 4.78 is 101. The molecule has 2 aliphatic rings. The van der Waals surface area contributed by atoms with E-state index >= 15 is 0 Å². The van der Waals surface area contributed by atoms with Gasteiger partial charge >= 0.3 is 18.3 Å². The second kappa shape index (κ2) is 12.1. The monoisotopic (exact) mass is 654 g/mol. The number of carboxylic acids is 1. The van der Waals surface area contributed by atoms with Gasteiger partial charge in [-0.05, 0) is 61.2 Å². The first-order chi connectivity index (χ1) is 21.6. The zero-order valence-corrected chi connectivity index (χ0v) is 23.7. The molecule has 0 aliphatic heterocycles. The summed E-state index contributed by atoms with van der Waals surface area (Å²) in [5, 5.41) is 18.1. The van der Waals surface area contributed by atoms with Crippen molar-refractivity contribution in [1.29, 1.82) is 0 Å². The molecule has 0 saturated heterocycles. The smallest absolute Gasteiger partial charge is 0.419 e. The fourth-order valence-corrected chi connectivity index (χ4v) is 6.24. The molecule has 9 nitrogen and oxygen atoms in total. The molecule has 1 heterocycles. The van der Waals surface area contributed by atoms with Crippen LogP contribution in [0.25, 0.3) is 11.3 Å². The number of allylic oxidation sites excluding steroid dienone is 1. The van der Waals surface area contributed by atoms with Gasteiger partial charge in [-0.15, -0.1) is 0 Å². The highest BCUT2D eigenvalue weighted by Crippen LogP contribution is 2.54. The SMILES string of the molecule is COc1ccc(-c2ccn(CC(=O)O)n2)cc1C(=O)N[C@@H]1C2CCC(/C2=C/C(F)(F)F)[C@@H]1C(=O)Nc1ccc(F)c(C(F)(F)F)c1. The maximum Gasteiger partial charge on any atom is 0.419 e. The molecule has 2 aromatic carbocycles. The van der Waals surface area contributed by atoms with Crippen LogP contribution in [-0.2, 0) is 22.3 Å². The number of aromatic nitrogens is 2. The van der Waals surface area contributed by atoms with E-state index in [9.17, 15) is 45.1 Å². The highest BCUT2D eigenvalue weighted by atomic mass is 19.4. The van der Waals surface area contributed by atoms with Crippen LogP contribution in [0.1, 0.15) is 28.8 Å². The topological polar surface area (TPSA) is 123 Å². The molecule has 5 rings (SSSR count). The molecule has 16 heteroatoms. The average molecular weight is 655 g/mol. The highest BCUT2D eigenvalue weighted by Gasteiger charge is 2.55. The number of nitrogens with one attached hydrogen (secondary N) is 2. The number of aliphatic carboxylic acids is 1.